The topological polar surface area (TPSA) is 102 Å². The van der Waals surface area contributed by atoms with Gasteiger partial charge in [-0.2, -0.15) is 0 Å². The molecule has 7 nitrogen and oxygen atoms in total. The number of ether oxygens (including phenoxy) is 1. The normalized spacial score (nSPS) is 23.2. The van der Waals surface area contributed by atoms with Gasteiger partial charge in [0.05, 0.1) is 12.1 Å². The van der Waals surface area contributed by atoms with Gasteiger partial charge in [-0.15, -0.1) is 0 Å². The molecule has 0 spiro atoms. The second-order valence-electron chi connectivity index (χ2n) is 4.38. The average Bonchev–Trinajstić information content (AvgIpc) is 2.70. The van der Waals surface area contributed by atoms with Crippen LogP contribution in [0.4, 0.5) is 11.5 Å². The molecule has 18 heavy (non-hydrogen) atoms. The van der Waals surface area contributed by atoms with E-state index in [0.717, 1.165) is 6.42 Å². The second kappa shape index (κ2) is 4.85. The molecule has 2 heterocycles. The summed E-state index contributed by atoms with van der Waals surface area (Å²) in [7, 11) is 0. The highest BCUT2D eigenvalue weighted by Gasteiger charge is 2.26. The summed E-state index contributed by atoms with van der Waals surface area (Å²) in [5, 5.41) is 3.08. The Hall–Kier alpha value is -1.76. The van der Waals surface area contributed by atoms with Crippen molar-refractivity contribution >= 4 is 11.5 Å². The zero-order chi connectivity index (χ0) is 13.3. The molecule has 1 fully saturated rings. The van der Waals surface area contributed by atoms with Crippen molar-refractivity contribution in [2.45, 2.75) is 39.0 Å². The van der Waals surface area contributed by atoms with Crippen LogP contribution in [0.15, 0.2) is 9.59 Å². The summed E-state index contributed by atoms with van der Waals surface area (Å²) < 4.78 is 6.74. The molecule has 2 unspecified atom stereocenters. The molecule has 1 saturated heterocycles. The quantitative estimate of drug-likeness (QED) is 0.689. The van der Waals surface area contributed by atoms with Crippen LogP contribution < -0.4 is 22.3 Å². The van der Waals surface area contributed by atoms with Gasteiger partial charge in [0.2, 0.25) is 0 Å². The highest BCUT2D eigenvalue weighted by Crippen LogP contribution is 2.19. The van der Waals surface area contributed by atoms with E-state index in [1.54, 1.807) is 6.92 Å². The smallest absolute Gasteiger partial charge is 0.330 e. The Bertz CT molecular complexity index is 548. The Labute approximate surface area is 104 Å². The molecule has 1 aliphatic heterocycles. The number of aromatic nitrogens is 2. The van der Waals surface area contributed by atoms with Gasteiger partial charge in [0.15, 0.2) is 0 Å². The molecule has 100 valence electrons. The summed E-state index contributed by atoms with van der Waals surface area (Å²) in [5.41, 5.74) is 5.14. The third-order valence-electron chi connectivity index (χ3n) is 3.26. The van der Waals surface area contributed by atoms with Crippen molar-refractivity contribution in [2.75, 3.05) is 17.7 Å². The van der Waals surface area contributed by atoms with Crippen molar-refractivity contribution < 1.29 is 4.74 Å². The van der Waals surface area contributed by atoms with Crippen molar-refractivity contribution in [3.63, 3.8) is 0 Å². The number of nitrogens with two attached hydrogens (primary N) is 1. The molecule has 4 N–H and O–H groups in total. The maximum Gasteiger partial charge on any atom is 0.330 e. The maximum absolute atomic E-state index is 11.8. The highest BCUT2D eigenvalue weighted by atomic mass is 16.5. The lowest BCUT2D eigenvalue weighted by Crippen LogP contribution is -2.37. The first-order valence-electron chi connectivity index (χ1n) is 6.05. The first kappa shape index (κ1) is 12.7. The Morgan fingerprint density at radius 3 is 2.83 bits per heavy atom. The van der Waals surface area contributed by atoms with Crippen molar-refractivity contribution in [2.24, 2.45) is 0 Å². The minimum Gasteiger partial charge on any atom is -0.383 e. The van der Waals surface area contributed by atoms with Gasteiger partial charge in [-0.1, -0.05) is 0 Å². The second-order valence-corrected chi connectivity index (χ2v) is 4.38. The summed E-state index contributed by atoms with van der Waals surface area (Å²) >= 11 is 0. The van der Waals surface area contributed by atoms with E-state index >= 15 is 0 Å². The van der Waals surface area contributed by atoms with Gasteiger partial charge in [-0.3, -0.25) is 14.3 Å². The van der Waals surface area contributed by atoms with Gasteiger partial charge >= 0.3 is 5.69 Å². The molecule has 0 radical (unpaired) electrons. The fourth-order valence-corrected chi connectivity index (χ4v) is 2.15. The van der Waals surface area contributed by atoms with Crippen LogP contribution >= 0.6 is 0 Å². The summed E-state index contributed by atoms with van der Waals surface area (Å²) in [6.45, 7) is 4.79. The summed E-state index contributed by atoms with van der Waals surface area (Å²) in [5.74, 6) is 0.172. The van der Waals surface area contributed by atoms with E-state index in [1.807, 2.05) is 6.92 Å². The van der Waals surface area contributed by atoms with Crippen LogP contribution in [0.1, 0.15) is 20.3 Å². The molecule has 7 heteroatoms. The monoisotopic (exact) mass is 254 g/mol. The maximum atomic E-state index is 11.8. The Morgan fingerprint density at radius 2 is 2.28 bits per heavy atom. The minimum atomic E-state index is -0.485. The fraction of sp³-hybridized carbons (Fsp3) is 0.636. The molecular formula is C11H18N4O3. The van der Waals surface area contributed by atoms with E-state index in [1.165, 1.54) is 4.57 Å². The number of hydrogen-bond donors (Lipinski definition) is 3. The van der Waals surface area contributed by atoms with Gasteiger partial charge in [0.25, 0.3) is 5.56 Å². The Kier molecular flexibility index (Phi) is 3.42. The number of rotatable bonds is 3. The number of hydrogen-bond acceptors (Lipinski definition) is 5. The Morgan fingerprint density at radius 1 is 1.56 bits per heavy atom. The zero-order valence-electron chi connectivity index (χ0n) is 10.5. The zero-order valence-corrected chi connectivity index (χ0v) is 10.5. The van der Waals surface area contributed by atoms with E-state index in [9.17, 15) is 9.59 Å². The van der Waals surface area contributed by atoms with E-state index in [2.05, 4.69) is 10.3 Å². The van der Waals surface area contributed by atoms with Crippen molar-refractivity contribution in [1.29, 1.82) is 0 Å². The van der Waals surface area contributed by atoms with Crippen LogP contribution in [0.25, 0.3) is 0 Å². The van der Waals surface area contributed by atoms with E-state index < -0.39 is 11.2 Å². The minimum absolute atomic E-state index is 0.0193. The molecule has 0 bridgehead atoms. The van der Waals surface area contributed by atoms with Gasteiger partial charge in [-0.25, -0.2) is 4.79 Å². The molecule has 1 aromatic heterocycles. The third kappa shape index (κ3) is 2.13. The first-order valence-corrected chi connectivity index (χ1v) is 6.05. The standard InChI is InChI=1S/C11H18N4O3/c1-3-15-9(12)8(10(16)14-11(15)17)13-7-4-5-18-6(7)2/h6-7,13H,3-5,12H2,1-2H3,(H,14,16,17). The highest BCUT2D eigenvalue weighted by molar-refractivity contribution is 5.61. The summed E-state index contributed by atoms with van der Waals surface area (Å²) in [4.78, 5) is 25.5. The third-order valence-corrected chi connectivity index (χ3v) is 3.26. The molecule has 2 rings (SSSR count). The molecule has 0 saturated carbocycles. The average molecular weight is 254 g/mol. The van der Waals surface area contributed by atoms with Crippen molar-refractivity contribution in [1.82, 2.24) is 9.55 Å². The van der Waals surface area contributed by atoms with Gasteiger partial charge in [-0.05, 0) is 20.3 Å². The summed E-state index contributed by atoms with van der Waals surface area (Å²) in [6.07, 6.45) is 0.830. The van der Waals surface area contributed by atoms with Crippen molar-refractivity contribution in [3.8, 4) is 0 Å². The predicted octanol–water partition coefficient (Wildman–Crippen LogP) is -0.272. The number of nitrogens with one attached hydrogen (secondary N) is 2. The molecular weight excluding hydrogens is 236 g/mol. The van der Waals surface area contributed by atoms with E-state index in [-0.39, 0.29) is 23.7 Å². The lowest BCUT2D eigenvalue weighted by Gasteiger charge is -2.19. The largest absolute Gasteiger partial charge is 0.383 e. The van der Waals surface area contributed by atoms with Crippen LogP contribution in [0.2, 0.25) is 0 Å². The number of aromatic amines is 1. The molecule has 2 atom stereocenters. The molecule has 0 aliphatic carbocycles. The van der Waals surface area contributed by atoms with Crippen LogP contribution in [-0.4, -0.2) is 28.3 Å². The number of H-pyrrole nitrogens is 1. The van der Waals surface area contributed by atoms with Crippen LogP contribution in [-0.2, 0) is 11.3 Å². The SMILES string of the molecule is CCn1c(N)c(NC2CCOC2C)c(=O)[nH]c1=O. The lowest BCUT2D eigenvalue weighted by atomic mass is 10.1. The molecule has 1 aliphatic rings. The fourth-order valence-electron chi connectivity index (χ4n) is 2.15. The lowest BCUT2D eigenvalue weighted by molar-refractivity contribution is 0.121. The molecule has 0 amide bonds. The van der Waals surface area contributed by atoms with Gasteiger partial charge in [0, 0.05) is 13.2 Å². The summed E-state index contributed by atoms with van der Waals surface area (Å²) in [6, 6.07) is 0.0382. The predicted molar refractivity (Wildman–Crippen MR) is 68.9 cm³/mol. The van der Waals surface area contributed by atoms with Crippen LogP contribution in [0, 0.1) is 0 Å². The van der Waals surface area contributed by atoms with Gasteiger partial charge < -0.3 is 15.8 Å². The van der Waals surface area contributed by atoms with Crippen LogP contribution in [0.3, 0.4) is 0 Å². The number of nitrogens with zero attached hydrogens (tertiary/aromatic N) is 1. The van der Waals surface area contributed by atoms with E-state index in [0.29, 0.717) is 13.2 Å². The van der Waals surface area contributed by atoms with Crippen molar-refractivity contribution in [3.05, 3.63) is 20.8 Å². The molecule has 0 aromatic carbocycles. The van der Waals surface area contributed by atoms with Crippen LogP contribution in [0.5, 0.6) is 0 Å². The first-order chi connectivity index (χ1) is 8.54. The number of nitrogen functional groups attached to an aromatic ring is 1. The Balaban J connectivity index is 2.38. The molecule has 1 aromatic rings. The number of anilines is 2. The van der Waals surface area contributed by atoms with E-state index in [4.69, 9.17) is 10.5 Å². The van der Waals surface area contributed by atoms with Gasteiger partial charge in [0.1, 0.15) is 11.5 Å².